The summed E-state index contributed by atoms with van der Waals surface area (Å²) in [6, 6.07) is 5.27. The average Bonchev–Trinajstić information content (AvgIpc) is 3.54. The number of alkyl halides is 3. The van der Waals surface area contributed by atoms with Gasteiger partial charge in [0.1, 0.15) is 0 Å². The molecule has 0 spiro atoms. The molecule has 1 aromatic carbocycles. The molecule has 2 saturated heterocycles. The third-order valence-corrected chi connectivity index (χ3v) is 7.40. The molecule has 1 saturated carbocycles. The highest BCUT2D eigenvalue weighted by molar-refractivity contribution is 7.99. The van der Waals surface area contributed by atoms with E-state index in [1.807, 2.05) is 21.6 Å². The van der Waals surface area contributed by atoms with E-state index in [-0.39, 0.29) is 17.9 Å². The first-order chi connectivity index (χ1) is 15.4. The average molecular weight is 467 g/mol. The Kier molecular flexibility index (Phi) is 5.81. The Morgan fingerprint density at radius 2 is 1.69 bits per heavy atom. The van der Waals surface area contributed by atoms with Crippen LogP contribution in [0.1, 0.15) is 59.9 Å². The van der Waals surface area contributed by atoms with Gasteiger partial charge in [-0.25, -0.2) is 4.79 Å². The Hall–Kier alpha value is -2.23. The molecule has 0 N–H and O–H groups in total. The van der Waals surface area contributed by atoms with Gasteiger partial charge in [0.05, 0.1) is 11.5 Å². The summed E-state index contributed by atoms with van der Waals surface area (Å²) < 4.78 is 44.6. The lowest BCUT2D eigenvalue weighted by atomic mass is 9.84. The van der Waals surface area contributed by atoms with Gasteiger partial charge in [0.2, 0.25) is 5.89 Å². The fraction of sp³-hybridized carbons (Fsp3) is 0.591. The van der Waals surface area contributed by atoms with Crippen LogP contribution in [0.5, 0.6) is 0 Å². The lowest BCUT2D eigenvalue weighted by Gasteiger charge is -2.40. The van der Waals surface area contributed by atoms with Crippen LogP contribution in [0.4, 0.5) is 18.0 Å². The van der Waals surface area contributed by atoms with E-state index in [1.54, 1.807) is 0 Å². The van der Waals surface area contributed by atoms with E-state index in [0.717, 1.165) is 47.9 Å². The second kappa shape index (κ2) is 8.61. The summed E-state index contributed by atoms with van der Waals surface area (Å²) in [4.78, 5) is 21.5. The van der Waals surface area contributed by atoms with Crippen LogP contribution in [0.15, 0.2) is 28.8 Å². The molecular formula is C22H25F3N4O2S. The first kappa shape index (κ1) is 21.6. The highest BCUT2D eigenvalue weighted by Crippen LogP contribution is 2.41. The Labute approximate surface area is 188 Å². The summed E-state index contributed by atoms with van der Waals surface area (Å²) >= 11 is 1.83. The number of halogens is 3. The fourth-order valence-corrected chi connectivity index (χ4v) is 5.40. The molecule has 1 aromatic heterocycles. The maximum atomic E-state index is 13.2. The van der Waals surface area contributed by atoms with E-state index in [1.165, 1.54) is 12.1 Å². The standard InChI is InChI=1S/C22H25F3N4O2S/c23-22(24,25)18-5-3-14(4-6-18)16-11-17(20-26-19(27-31-20)15-1-2-15)13-29(12-16)21(30)28-7-9-32-10-8-28/h3-6,15-17H,1-2,7-13H2. The lowest BCUT2D eigenvalue weighted by Crippen LogP contribution is -2.51. The summed E-state index contributed by atoms with van der Waals surface area (Å²) in [5, 5.41) is 4.12. The molecule has 10 heteroatoms. The molecular weight excluding hydrogens is 441 g/mol. The highest BCUT2D eigenvalue weighted by atomic mass is 32.2. The molecule has 1 aliphatic carbocycles. The number of benzene rings is 1. The predicted octanol–water partition coefficient (Wildman–Crippen LogP) is 4.71. The number of rotatable bonds is 3. The molecule has 3 aliphatic rings. The number of urea groups is 1. The van der Waals surface area contributed by atoms with Crippen molar-refractivity contribution in [2.24, 2.45) is 0 Å². The molecule has 172 valence electrons. The van der Waals surface area contributed by atoms with Gasteiger partial charge in [-0.05, 0) is 37.0 Å². The molecule has 0 radical (unpaired) electrons. The van der Waals surface area contributed by atoms with Gasteiger partial charge in [0, 0.05) is 49.5 Å². The fourth-order valence-electron chi connectivity index (χ4n) is 4.50. The van der Waals surface area contributed by atoms with Crippen molar-refractivity contribution < 1.29 is 22.5 Å². The largest absolute Gasteiger partial charge is 0.416 e. The Morgan fingerprint density at radius 3 is 2.34 bits per heavy atom. The maximum Gasteiger partial charge on any atom is 0.416 e. The van der Waals surface area contributed by atoms with Crippen LogP contribution in [0.2, 0.25) is 0 Å². The molecule has 2 unspecified atom stereocenters. The van der Waals surface area contributed by atoms with Gasteiger partial charge in [-0.2, -0.15) is 29.9 Å². The van der Waals surface area contributed by atoms with Gasteiger partial charge < -0.3 is 14.3 Å². The first-order valence-electron chi connectivity index (χ1n) is 11.0. The minimum Gasteiger partial charge on any atom is -0.339 e. The van der Waals surface area contributed by atoms with Crippen LogP contribution in [-0.2, 0) is 6.18 Å². The molecule has 0 bridgehead atoms. The van der Waals surface area contributed by atoms with Crippen LogP contribution in [0, 0.1) is 0 Å². The van der Waals surface area contributed by atoms with Crippen LogP contribution >= 0.6 is 11.8 Å². The van der Waals surface area contributed by atoms with Crippen LogP contribution in [0.3, 0.4) is 0 Å². The zero-order chi connectivity index (χ0) is 22.3. The smallest absolute Gasteiger partial charge is 0.339 e. The predicted molar refractivity (Wildman–Crippen MR) is 114 cm³/mol. The normalized spacial score (nSPS) is 24.6. The number of piperidine rings is 1. The molecule has 32 heavy (non-hydrogen) atoms. The van der Waals surface area contributed by atoms with E-state index in [9.17, 15) is 18.0 Å². The van der Waals surface area contributed by atoms with E-state index in [0.29, 0.717) is 44.4 Å². The monoisotopic (exact) mass is 466 g/mol. The Bertz CT molecular complexity index is 955. The molecule has 5 rings (SSSR count). The quantitative estimate of drug-likeness (QED) is 0.656. The maximum absolute atomic E-state index is 13.2. The van der Waals surface area contributed by atoms with Crippen LogP contribution in [-0.4, -0.2) is 63.7 Å². The SMILES string of the molecule is O=C(N1CCSCC1)N1CC(c2ccc(C(F)(F)F)cc2)CC(c2nc(C3CC3)no2)C1. The number of likely N-dealkylation sites (tertiary alicyclic amines) is 1. The first-order valence-corrected chi connectivity index (χ1v) is 12.2. The van der Waals surface area contributed by atoms with E-state index >= 15 is 0 Å². The van der Waals surface area contributed by atoms with Crippen LogP contribution < -0.4 is 0 Å². The van der Waals surface area contributed by atoms with Crippen molar-refractivity contribution in [1.29, 1.82) is 0 Å². The zero-order valence-electron chi connectivity index (χ0n) is 17.6. The molecule has 6 nitrogen and oxygen atoms in total. The molecule has 2 aromatic rings. The molecule has 2 aliphatic heterocycles. The van der Waals surface area contributed by atoms with Crippen LogP contribution in [0.25, 0.3) is 0 Å². The van der Waals surface area contributed by atoms with E-state index in [4.69, 9.17) is 4.52 Å². The highest BCUT2D eigenvalue weighted by Gasteiger charge is 2.38. The summed E-state index contributed by atoms with van der Waals surface area (Å²) in [5.41, 5.74) is 0.120. The number of hydrogen-bond acceptors (Lipinski definition) is 5. The Morgan fingerprint density at radius 1 is 1.00 bits per heavy atom. The number of nitrogens with zero attached hydrogens (tertiary/aromatic N) is 4. The lowest BCUT2D eigenvalue weighted by molar-refractivity contribution is -0.137. The van der Waals surface area contributed by atoms with E-state index in [2.05, 4.69) is 10.1 Å². The van der Waals surface area contributed by atoms with Crippen molar-refractivity contribution in [3.8, 4) is 0 Å². The minimum absolute atomic E-state index is 0.0196. The third-order valence-electron chi connectivity index (χ3n) is 6.46. The van der Waals surface area contributed by atoms with Gasteiger partial charge >= 0.3 is 12.2 Å². The second-order valence-corrected chi connectivity index (χ2v) is 10.0. The van der Waals surface area contributed by atoms with Gasteiger partial charge in [-0.1, -0.05) is 17.3 Å². The number of amides is 2. The summed E-state index contributed by atoms with van der Waals surface area (Å²) in [6.07, 6.45) is -1.59. The van der Waals surface area contributed by atoms with Gasteiger partial charge in [0.25, 0.3) is 0 Å². The van der Waals surface area contributed by atoms with Crippen molar-refractivity contribution in [3.63, 3.8) is 0 Å². The second-order valence-electron chi connectivity index (χ2n) is 8.80. The third kappa shape index (κ3) is 4.60. The number of carbonyl (C=O) groups excluding carboxylic acids is 1. The molecule has 3 heterocycles. The molecule has 2 amide bonds. The van der Waals surface area contributed by atoms with Crippen molar-refractivity contribution in [3.05, 3.63) is 47.1 Å². The summed E-state index contributed by atoms with van der Waals surface area (Å²) in [6.45, 7) is 2.36. The molecule has 2 atom stereocenters. The van der Waals surface area contributed by atoms with Crippen molar-refractivity contribution in [1.82, 2.24) is 19.9 Å². The number of carbonyl (C=O) groups is 1. The molecule has 3 fully saturated rings. The summed E-state index contributed by atoms with van der Waals surface area (Å²) in [7, 11) is 0. The summed E-state index contributed by atoms with van der Waals surface area (Å²) in [5.74, 6) is 3.21. The number of thioether (sulfide) groups is 1. The zero-order valence-corrected chi connectivity index (χ0v) is 18.4. The Balaban J connectivity index is 1.39. The topological polar surface area (TPSA) is 62.5 Å². The van der Waals surface area contributed by atoms with Crippen molar-refractivity contribution in [2.75, 3.05) is 37.7 Å². The van der Waals surface area contributed by atoms with Crippen molar-refractivity contribution in [2.45, 2.75) is 43.2 Å². The minimum atomic E-state index is -4.37. The van der Waals surface area contributed by atoms with Crippen molar-refractivity contribution >= 4 is 17.8 Å². The van der Waals surface area contributed by atoms with E-state index < -0.39 is 11.7 Å². The van der Waals surface area contributed by atoms with Gasteiger partial charge in [0.15, 0.2) is 5.82 Å². The van der Waals surface area contributed by atoms with Gasteiger partial charge in [-0.15, -0.1) is 0 Å². The number of aromatic nitrogens is 2. The van der Waals surface area contributed by atoms with Gasteiger partial charge in [-0.3, -0.25) is 0 Å². The number of hydrogen-bond donors (Lipinski definition) is 0.